The molecular weight excluding hydrogens is 851 g/mol. The molecule has 0 saturated heterocycles. The van der Waals surface area contributed by atoms with E-state index in [1.807, 2.05) is 11.3 Å². The van der Waals surface area contributed by atoms with Gasteiger partial charge < -0.3 is 4.90 Å². The van der Waals surface area contributed by atoms with Gasteiger partial charge in [-0.1, -0.05) is 224 Å². The zero-order chi connectivity index (χ0) is 45.5. The molecule has 0 atom stereocenters. The van der Waals surface area contributed by atoms with E-state index in [2.05, 4.69) is 266 Å². The van der Waals surface area contributed by atoms with Gasteiger partial charge >= 0.3 is 0 Å². The van der Waals surface area contributed by atoms with Crippen LogP contribution < -0.4 is 4.90 Å². The predicted octanol–water partition coefficient (Wildman–Crippen LogP) is 18.5. The fourth-order valence-electron chi connectivity index (χ4n) is 11.9. The molecule has 2 aliphatic rings. The first-order valence-electron chi connectivity index (χ1n) is 23.8. The smallest absolute Gasteiger partial charge is 0.0726 e. The highest BCUT2D eigenvalue weighted by Crippen LogP contribution is 2.63. The number of fused-ring (bicyclic) bond motifs is 13. The third-order valence-electron chi connectivity index (χ3n) is 14.7. The Bertz CT molecular complexity index is 3910. The average molecular weight is 894 g/mol. The Morgan fingerprint density at radius 1 is 0.290 bits per heavy atom. The lowest BCUT2D eigenvalue weighted by Crippen LogP contribution is -2.26. The summed E-state index contributed by atoms with van der Waals surface area (Å²) in [6.07, 6.45) is 0. The van der Waals surface area contributed by atoms with Crippen molar-refractivity contribution in [2.24, 2.45) is 0 Å². The average Bonchev–Trinajstić information content (AvgIpc) is 4.06. The van der Waals surface area contributed by atoms with E-state index >= 15 is 0 Å². The fourth-order valence-corrected chi connectivity index (χ4v) is 13.1. The molecule has 0 radical (unpaired) electrons. The normalized spacial score (nSPS) is 12.8. The maximum atomic E-state index is 2.54. The molecule has 0 unspecified atom stereocenters. The Hall–Kier alpha value is -8.56. The van der Waals surface area contributed by atoms with Gasteiger partial charge in [0, 0.05) is 37.1 Å². The van der Waals surface area contributed by atoms with Crippen LogP contribution in [0.15, 0.2) is 261 Å². The summed E-state index contributed by atoms with van der Waals surface area (Å²) >= 11 is 1.88. The van der Waals surface area contributed by atoms with Crippen molar-refractivity contribution in [3.63, 3.8) is 0 Å². The molecule has 0 fully saturated rings. The SMILES string of the molecule is c1ccc(-c2ccccc2-c2c(-c3ccccc3)cccc2N(c2cccc(-c3cccc4c3sc3ccccc34)c2)c2ccc3c(c2)C2(c4ccccc4-c4ccccc42)c2ccccc2-3)cc1. The third kappa shape index (κ3) is 5.96. The first-order valence-corrected chi connectivity index (χ1v) is 24.7. The molecule has 2 heteroatoms. The van der Waals surface area contributed by atoms with Crippen molar-refractivity contribution in [1.82, 2.24) is 0 Å². The molecule has 322 valence electrons. The van der Waals surface area contributed by atoms with E-state index < -0.39 is 5.41 Å². The van der Waals surface area contributed by atoms with Crippen LogP contribution in [0, 0.1) is 0 Å². The topological polar surface area (TPSA) is 3.24 Å². The summed E-state index contributed by atoms with van der Waals surface area (Å²) in [5.74, 6) is 0. The minimum atomic E-state index is -0.492. The Morgan fingerprint density at radius 2 is 0.768 bits per heavy atom. The molecule has 11 aromatic carbocycles. The van der Waals surface area contributed by atoms with Gasteiger partial charge in [-0.15, -0.1) is 11.3 Å². The van der Waals surface area contributed by atoms with E-state index in [1.165, 1.54) is 109 Å². The van der Waals surface area contributed by atoms with Gasteiger partial charge in [0.1, 0.15) is 0 Å². The highest BCUT2D eigenvalue weighted by atomic mass is 32.1. The summed E-state index contributed by atoms with van der Waals surface area (Å²) in [7, 11) is 0. The van der Waals surface area contributed by atoms with Crippen molar-refractivity contribution in [1.29, 1.82) is 0 Å². The summed E-state index contributed by atoms with van der Waals surface area (Å²) in [6, 6.07) is 97.0. The van der Waals surface area contributed by atoms with Gasteiger partial charge in [-0.2, -0.15) is 0 Å². The van der Waals surface area contributed by atoms with Gasteiger partial charge in [-0.05, 0) is 120 Å². The molecule has 69 heavy (non-hydrogen) atoms. The fraction of sp³-hybridized carbons (Fsp3) is 0.0149. The second-order valence-electron chi connectivity index (χ2n) is 18.3. The third-order valence-corrected chi connectivity index (χ3v) is 15.9. The molecule has 14 rings (SSSR count). The van der Waals surface area contributed by atoms with Crippen molar-refractivity contribution in [2.45, 2.75) is 5.41 Å². The Labute approximate surface area is 406 Å². The van der Waals surface area contributed by atoms with Gasteiger partial charge in [-0.25, -0.2) is 0 Å². The van der Waals surface area contributed by atoms with Crippen LogP contribution in [0.5, 0.6) is 0 Å². The molecule has 0 saturated carbocycles. The van der Waals surface area contributed by atoms with Gasteiger partial charge in [0.05, 0.1) is 11.1 Å². The van der Waals surface area contributed by atoms with Gasteiger partial charge in [0.25, 0.3) is 0 Å². The second-order valence-corrected chi connectivity index (χ2v) is 19.3. The van der Waals surface area contributed by atoms with Crippen molar-refractivity contribution >= 4 is 48.6 Å². The number of hydrogen-bond acceptors (Lipinski definition) is 2. The molecule has 12 aromatic rings. The largest absolute Gasteiger partial charge is 0.310 e. The zero-order valence-electron chi connectivity index (χ0n) is 37.7. The van der Waals surface area contributed by atoms with Crippen LogP contribution in [-0.4, -0.2) is 0 Å². The molecule has 0 bridgehead atoms. The Balaban J connectivity index is 1.07. The Kier molecular flexibility index (Phi) is 9.05. The molecular formula is C67H43NS. The number of hydrogen-bond donors (Lipinski definition) is 0. The second kappa shape index (κ2) is 15.8. The lowest BCUT2D eigenvalue weighted by molar-refractivity contribution is 0.793. The van der Waals surface area contributed by atoms with Crippen LogP contribution in [0.1, 0.15) is 22.3 Å². The van der Waals surface area contributed by atoms with Crippen LogP contribution >= 0.6 is 11.3 Å². The first kappa shape index (κ1) is 39.6. The van der Waals surface area contributed by atoms with Gasteiger partial charge in [0.15, 0.2) is 0 Å². The minimum absolute atomic E-state index is 0.492. The quantitative estimate of drug-likeness (QED) is 0.154. The van der Waals surface area contributed by atoms with E-state index in [1.54, 1.807) is 0 Å². The number of rotatable bonds is 7. The number of thiophene rings is 1. The highest BCUT2D eigenvalue weighted by Gasteiger charge is 2.51. The zero-order valence-corrected chi connectivity index (χ0v) is 38.5. The molecule has 1 nitrogen and oxygen atoms in total. The summed E-state index contributed by atoms with van der Waals surface area (Å²) in [5, 5.41) is 2.60. The van der Waals surface area contributed by atoms with Crippen molar-refractivity contribution in [2.75, 3.05) is 4.90 Å². The van der Waals surface area contributed by atoms with Crippen LogP contribution in [-0.2, 0) is 5.41 Å². The summed E-state index contributed by atoms with van der Waals surface area (Å²) in [5.41, 5.74) is 22.8. The monoisotopic (exact) mass is 893 g/mol. The van der Waals surface area contributed by atoms with E-state index in [0.29, 0.717) is 0 Å². The lowest BCUT2D eigenvalue weighted by atomic mass is 9.70. The maximum Gasteiger partial charge on any atom is 0.0726 e. The lowest BCUT2D eigenvalue weighted by Gasteiger charge is -2.33. The van der Waals surface area contributed by atoms with E-state index in [0.717, 1.165) is 17.1 Å². The van der Waals surface area contributed by atoms with Crippen molar-refractivity contribution < 1.29 is 0 Å². The standard InChI is InChI=1S/C67H43NS/c1-3-20-44(21-4-1)49-26-7-8-31-57(49)65-50(45-22-5-2-6-23-45)32-19-38-63(65)68(47-25-17-24-46(42-47)51-33-18-34-58-56-30-12-16-39-64(56)69-66(51)58)48-40-41-55-54-29-11-15-37-61(54)67(62(55)43-48)59-35-13-9-27-52(59)53-28-10-14-36-60(53)67/h1-43H. The molecule has 1 aromatic heterocycles. The van der Waals surface area contributed by atoms with Crippen LogP contribution in [0.3, 0.4) is 0 Å². The van der Waals surface area contributed by atoms with E-state index in [4.69, 9.17) is 0 Å². The predicted molar refractivity (Wildman–Crippen MR) is 292 cm³/mol. The molecule has 0 aliphatic heterocycles. The summed E-state index contributed by atoms with van der Waals surface area (Å²) < 4.78 is 2.61. The van der Waals surface area contributed by atoms with E-state index in [-0.39, 0.29) is 0 Å². The number of nitrogens with zero attached hydrogens (tertiary/aromatic N) is 1. The number of benzene rings is 11. The summed E-state index contributed by atoms with van der Waals surface area (Å²) in [4.78, 5) is 2.54. The molecule has 1 heterocycles. The molecule has 0 amide bonds. The van der Waals surface area contributed by atoms with Crippen molar-refractivity contribution in [3.8, 4) is 66.8 Å². The maximum absolute atomic E-state index is 2.54. The van der Waals surface area contributed by atoms with Crippen LogP contribution in [0.25, 0.3) is 86.9 Å². The molecule has 0 N–H and O–H groups in total. The summed E-state index contributed by atoms with van der Waals surface area (Å²) in [6.45, 7) is 0. The Morgan fingerprint density at radius 3 is 1.46 bits per heavy atom. The van der Waals surface area contributed by atoms with Gasteiger partial charge in [0.2, 0.25) is 0 Å². The van der Waals surface area contributed by atoms with Gasteiger partial charge in [-0.3, -0.25) is 0 Å². The van der Waals surface area contributed by atoms with Crippen molar-refractivity contribution in [3.05, 3.63) is 283 Å². The molecule has 1 spiro atoms. The van der Waals surface area contributed by atoms with Crippen LogP contribution in [0.2, 0.25) is 0 Å². The van der Waals surface area contributed by atoms with E-state index in [9.17, 15) is 0 Å². The minimum Gasteiger partial charge on any atom is -0.310 e. The number of anilines is 3. The molecule has 2 aliphatic carbocycles. The highest BCUT2D eigenvalue weighted by molar-refractivity contribution is 7.26. The van der Waals surface area contributed by atoms with Crippen LogP contribution in [0.4, 0.5) is 17.1 Å². The first-order chi connectivity index (χ1) is 34.3.